The lowest BCUT2D eigenvalue weighted by molar-refractivity contribution is -0.137. The molecule has 4 nitrogen and oxygen atoms in total. The molecule has 0 aliphatic carbocycles. The van der Waals surface area contributed by atoms with Crippen LogP contribution >= 0.6 is 12.4 Å². The molecule has 0 aromatic carbocycles. The lowest BCUT2D eigenvalue weighted by Gasteiger charge is -2.39. The first-order chi connectivity index (χ1) is 9.09. The van der Waals surface area contributed by atoms with Crippen LogP contribution in [0.4, 0.5) is 0 Å². The van der Waals surface area contributed by atoms with Gasteiger partial charge in [0.05, 0.1) is 6.04 Å². The zero-order valence-corrected chi connectivity index (χ0v) is 13.7. The van der Waals surface area contributed by atoms with Crippen molar-refractivity contribution in [2.75, 3.05) is 26.2 Å². The van der Waals surface area contributed by atoms with E-state index in [1.165, 1.54) is 25.7 Å². The molecule has 0 aromatic heterocycles. The number of hydrogen-bond acceptors (Lipinski definition) is 3. The van der Waals surface area contributed by atoms with Crippen LogP contribution in [0.15, 0.2) is 0 Å². The lowest BCUT2D eigenvalue weighted by Crippen LogP contribution is -2.54. The second-order valence-electron chi connectivity index (χ2n) is 6.34. The van der Waals surface area contributed by atoms with Crippen LogP contribution < -0.4 is 5.73 Å². The predicted molar refractivity (Wildman–Crippen MR) is 85.1 cm³/mol. The molecule has 0 bridgehead atoms. The maximum atomic E-state index is 12.6. The van der Waals surface area contributed by atoms with Crippen molar-refractivity contribution in [3.05, 3.63) is 0 Å². The van der Waals surface area contributed by atoms with Crippen LogP contribution in [-0.2, 0) is 4.79 Å². The minimum Gasteiger partial charge on any atom is -0.341 e. The van der Waals surface area contributed by atoms with E-state index in [0.717, 1.165) is 32.6 Å². The Hall–Kier alpha value is -0.320. The fourth-order valence-electron chi connectivity index (χ4n) is 3.26. The summed E-state index contributed by atoms with van der Waals surface area (Å²) in [5.41, 5.74) is 6.06. The van der Waals surface area contributed by atoms with Gasteiger partial charge in [-0.25, -0.2) is 0 Å². The Bertz CT molecular complexity index is 305. The van der Waals surface area contributed by atoms with Gasteiger partial charge in [0.1, 0.15) is 0 Å². The number of halogens is 1. The first kappa shape index (κ1) is 17.7. The van der Waals surface area contributed by atoms with Gasteiger partial charge in [0.25, 0.3) is 0 Å². The maximum Gasteiger partial charge on any atom is 0.239 e. The van der Waals surface area contributed by atoms with Crippen LogP contribution in [0.5, 0.6) is 0 Å². The largest absolute Gasteiger partial charge is 0.341 e. The summed E-state index contributed by atoms with van der Waals surface area (Å²) in [6, 6.07) is 0.324. The first-order valence-electron chi connectivity index (χ1n) is 7.88. The lowest BCUT2D eigenvalue weighted by atomic mass is 9.93. The molecule has 3 atom stereocenters. The van der Waals surface area contributed by atoms with Gasteiger partial charge in [0.2, 0.25) is 5.91 Å². The van der Waals surface area contributed by atoms with Crippen LogP contribution in [0.1, 0.15) is 46.0 Å². The van der Waals surface area contributed by atoms with Gasteiger partial charge in [-0.05, 0) is 32.1 Å². The molecule has 2 heterocycles. The molecule has 0 radical (unpaired) electrons. The van der Waals surface area contributed by atoms with E-state index in [0.29, 0.717) is 17.9 Å². The molecule has 118 valence electrons. The third-order valence-electron chi connectivity index (χ3n) is 4.83. The number of piperidine rings is 1. The molecule has 2 saturated heterocycles. The summed E-state index contributed by atoms with van der Waals surface area (Å²) < 4.78 is 0. The number of amides is 1. The average molecular weight is 304 g/mol. The fourth-order valence-corrected chi connectivity index (χ4v) is 3.26. The molecule has 2 fully saturated rings. The summed E-state index contributed by atoms with van der Waals surface area (Å²) in [6.45, 7) is 8.09. The minimum absolute atomic E-state index is 0. The summed E-state index contributed by atoms with van der Waals surface area (Å²) in [6.07, 6.45) is 5.89. The number of nitrogens with two attached hydrogens (primary N) is 1. The van der Waals surface area contributed by atoms with E-state index in [2.05, 4.69) is 23.6 Å². The molecule has 2 N–H and O–H groups in total. The average Bonchev–Trinajstić information content (AvgIpc) is 2.69. The molecule has 3 unspecified atom stereocenters. The quantitative estimate of drug-likeness (QED) is 0.847. The first-order valence-corrected chi connectivity index (χ1v) is 7.88. The van der Waals surface area contributed by atoms with Crippen molar-refractivity contribution in [1.82, 2.24) is 9.80 Å². The van der Waals surface area contributed by atoms with Crippen molar-refractivity contribution in [2.45, 2.75) is 58.0 Å². The van der Waals surface area contributed by atoms with E-state index >= 15 is 0 Å². The van der Waals surface area contributed by atoms with Crippen molar-refractivity contribution >= 4 is 18.3 Å². The molecule has 1 amide bonds. The number of carbonyl (C=O) groups excluding carboxylic acids is 1. The van der Waals surface area contributed by atoms with Gasteiger partial charge in [0.15, 0.2) is 0 Å². The fraction of sp³-hybridized carbons (Fsp3) is 0.933. The number of carbonyl (C=O) groups is 1. The summed E-state index contributed by atoms with van der Waals surface area (Å²) in [4.78, 5) is 17.0. The summed E-state index contributed by atoms with van der Waals surface area (Å²) in [5, 5.41) is 0. The summed E-state index contributed by atoms with van der Waals surface area (Å²) >= 11 is 0. The van der Waals surface area contributed by atoms with E-state index in [1.807, 2.05) is 0 Å². The molecule has 0 saturated carbocycles. The van der Waals surface area contributed by atoms with Gasteiger partial charge in [-0.1, -0.05) is 19.8 Å². The van der Waals surface area contributed by atoms with Crippen LogP contribution in [0.2, 0.25) is 0 Å². The van der Waals surface area contributed by atoms with Crippen molar-refractivity contribution in [2.24, 2.45) is 11.7 Å². The van der Waals surface area contributed by atoms with E-state index in [4.69, 9.17) is 5.73 Å². The summed E-state index contributed by atoms with van der Waals surface area (Å²) in [5.74, 6) is 0.817. The molecule has 20 heavy (non-hydrogen) atoms. The van der Waals surface area contributed by atoms with Gasteiger partial charge >= 0.3 is 0 Å². The smallest absolute Gasteiger partial charge is 0.239 e. The Morgan fingerprint density at radius 3 is 2.30 bits per heavy atom. The second kappa shape index (κ2) is 8.20. The monoisotopic (exact) mass is 303 g/mol. The Labute approximate surface area is 129 Å². The molecule has 2 aliphatic heterocycles. The second-order valence-corrected chi connectivity index (χ2v) is 6.34. The predicted octanol–water partition coefficient (Wildman–Crippen LogP) is 1.87. The number of rotatable bonds is 2. The third-order valence-corrected chi connectivity index (χ3v) is 4.83. The van der Waals surface area contributed by atoms with Crippen molar-refractivity contribution in [1.29, 1.82) is 0 Å². The van der Waals surface area contributed by atoms with Gasteiger partial charge in [-0.15, -0.1) is 12.4 Å². The van der Waals surface area contributed by atoms with Crippen LogP contribution in [-0.4, -0.2) is 54.0 Å². The molecule has 2 aliphatic rings. The Morgan fingerprint density at radius 2 is 1.75 bits per heavy atom. The van der Waals surface area contributed by atoms with Gasteiger partial charge < -0.3 is 10.6 Å². The summed E-state index contributed by atoms with van der Waals surface area (Å²) in [7, 11) is 0. The van der Waals surface area contributed by atoms with E-state index in [-0.39, 0.29) is 18.4 Å². The third kappa shape index (κ3) is 4.34. The Balaban J connectivity index is 0.00000200. The van der Waals surface area contributed by atoms with Crippen molar-refractivity contribution in [3.63, 3.8) is 0 Å². The highest BCUT2D eigenvalue weighted by atomic mass is 35.5. The maximum absolute atomic E-state index is 12.6. The standard InChI is InChI=1S/C15H29N3O.ClH/c1-12-11-18(10-7-14(12)16)13(2)15(19)17-8-5-3-4-6-9-17;/h12-14H,3-11,16H2,1-2H3;1H. The SMILES string of the molecule is CC1CN(C(C)C(=O)N2CCCCCC2)CCC1N.Cl. The van der Waals surface area contributed by atoms with E-state index in [9.17, 15) is 4.79 Å². The van der Waals surface area contributed by atoms with Gasteiger partial charge in [-0.2, -0.15) is 0 Å². The minimum atomic E-state index is 0. The number of likely N-dealkylation sites (tertiary alicyclic amines) is 2. The number of nitrogens with zero attached hydrogens (tertiary/aromatic N) is 2. The normalized spacial score (nSPS) is 30.2. The number of hydrogen-bond donors (Lipinski definition) is 1. The van der Waals surface area contributed by atoms with E-state index in [1.54, 1.807) is 0 Å². The highest BCUT2D eigenvalue weighted by Gasteiger charge is 2.31. The van der Waals surface area contributed by atoms with Gasteiger partial charge in [0, 0.05) is 32.2 Å². The Kier molecular flexibility index (Phi) is 7.27. The van der Waals surface area contributed by atoms with Crippen LogP contribution in [0.3, 0.4) is 0 Å². The van der Waals surface area contributed by atoms with Crippen molar-refractivity contribution < 1.29 is 4.79 Å². The molecule has 2 rings (SSSR count). The van der Waals surface area contributed by atoms with E-state index < -0.39 is 0 Å². The van der Waals surface area contributed by atoms with Crippen LogP contribution in [0.25, 0.3) is 0 Å². The zero-order valence-electron chi connectivity index (χ0n) is 12.9. The highest BCUT2D eigenvalue weighted by Crippen LogP contribution is 2.19. The van der Waals surface area contributed by atoms with Crippen LogP contribution in [0, 0.1) is 5.92 Å². The molecule has 5 heteroatoms. The zero-order chi connectivity index (χ0) is 13.8. The molecular formula is C15H30ClN3O. The highest BCUT2D eigenvalue weighted by molar-refractivity contribution is 5.85. The van der Waals surface area contributed by atoms with Crippen molar-refractivity contribution in [3.8, 4) is 0 Å². The topological polar surface area (TPSA) is 49.6 Å². The molecule has 0 aromatic rings. The molecular weight excluding hydrogens is 274 g/mol. The molecule has 0 spiro atoms. The van der Waals surface area contributed by atoms with Gasteiger partial charge in [-0.3, -0.25) is 9.69 Å². The Morgan fingerprint density at radius 1 is 1.15 bits per heavy atom.